The summed E-state index contributed by atoms with van der Waals surface area (Å²) in [6, 6.07) is 8.04. The summed E-state index contributed by atoms with van der Waals surface area (Å²) >= 11 is 5.97. The van der Waals surface area contributed by atoms with Crippen molar-refractivity contribution in [2.75, 3.05) is 5.32 Å². The van der Waals surface area contributed by atoms with Gasteiger partial charge in [-0.2, -0.15) is 0 Å². The van der Waals surface area contributed by atoms with E-state index in [0.29, 0.717) is 6.04 Å². The Kier molecular flexibility index (Phi) is 3.15. The summed E-state index contributed by atoms with van der Waals surface area (Å²) < 4.78 is 1.98. The predicted octanol–water partition coefficient (Wildman–Crippen LogP) is 3.35. The minimum Gasteiger partial charge on any atom is -0.353 e. The zero-order chi connectivity index (χ0) is 11.5. The van der Waals surface area contributed by atoms with Gasteiger partial charge in [-0.25, -0.2) is 4.98 Å². The molecule has 4 heteroatoms. The number of rotatable bonds is 3. The van der Waals surface area contributed by atoms with Crippen molar-refractivity contribution in [2.24, 2.45) is 0 Å². The molecule has 0 unspecified atom stereocenters. The average molecular weight is 236 g/mol. The number of benzene rings is 1. The van der Waals surface area contributed by atoms with Crippen LogP contribution in [-0.2, 0) is 0 Å². The number of imidazole rings is 1. The van der Waals surface area contributed by atoms with Crippen molar-refractivity contribution in [3.8, 4) is 5.69 Å². The van der Waals surface area contributed by atoms with E-state index in [1.165, 1.54) is 0 Å². The van der Waals surface area contributed by atoms with Crippen LogP contribution < -0.4 is 5.32 Å². The summed E-state index contributed by atoms with van der Waals surface area (Å²) in [6.45, 7) is 4.16. The number of nitrogens with one attached hydrogen (secondary N) is 1. The van der Waals surface area contributed by atoms with E-state index in [4.69, 9.17) is 11.6 Å². The van der Waals surface area contributed by atoms with Crippen LogP contribution in [0.3, 0.4) is 0 Å². The first-order chi connectivity index (χ1) is 7.66. The van der Waals surface area contributed by atoms with Crippen molar-refractivity contribution in [3.05, 3.63) is 41.7 Å². The number of aromatic nitrogens is 2. The maximum atomic E-state index is 5.97. The van der Waals surface area contributed by atoms with Crippen molar-refractivity contribution >= 4 is 17.5 Å². The van der Waals surface area contributed by atoms with Gasteiger partial charge in [-0.1, -0.05) is 17.7 Å². The van der Waals surface area contributed by atoms with Crippen LogP contribution in [-0.4, -0.2) is 15.6 Å². The number of nitrogens with zero attached hydrogens (tertiary/aromatic N) is 2. The van der Waals surface area contributed by atoms with E-state index in [0.717, 1.165) is 16.7 Å². The van der Waals surface area contributed by atoms with Crippen molar-refractivity contribution in [2.45, 2.75) is 19.9 Å². The zero-order valence-corrected chi connectivity index (χ0v) is 10.1. The predicted molar refractivity (Wildman–Crippen MR) is 67.3 cm³/mol. The zero-order valence-electron chi connectivity index (χ0n) is 9.31. The maximum Gasteiger partial charge on any atom is 0.207 e. The molecule has 2 aromatic rings. The normalized spacial score (nSPS) is 10.8. The van der Waals surface area contributed by atoms with Gasteiger partial charge in [-0.3, -0.25) is 4.57 Å². The molecule has 1 aromatic carbocycles. The largest absolute Gasteiger partial charge is 0.353 e. The standard InChI is InChI=1S/C12H14ClN3/c1-9(2)15-12-14-6-7-16(12)11-5-3-4-10(13)8-11/h3-9H,1-2H3,(H,14,15). The Hall–Kier alpha value is -1.48. The van der Waals surface area contributed by atoms with Gasteiger partial charge in [-0.15, -0.1) is 0 Å². The highest BCUT2D eigenvalue weighted by molar-refractivity contribution is 6.30. The first-order valence-corrected chi connectivity index (χ1v) is 5.60. The molecule has 0 saturated heterocycles. The highest BCUT2D eigenvalue weighted by atomic mass is 35.5. The molecule has 0 bridgehead atoms. The Balaban J connectivity index is 2.37. The molecule has 16 heavy (non-hydrogen) atoms. The topological polar surface area (TPSA) is 29.9 Å². The number of halogens is 1. The van der Waals surface area contributed by atoms with Crippen molar-refractivity contribution in [3.63, 3.8) is 0 Å². The van der Waals surface area contributed by atoms with E-state index in [1.807, 2.05) is 35.0 Å². The van der Waals surface area contributed by atoms with Gasteiger partial charge < -0.3 is 5.32 Å². The summed E-state index contributed by atoms with van der Waals surface area (Å²) in [5.74, 6) is 0.831. The lowest BCUT2D eigenvalue weighted by atomic mass is 10.3. The molecule has 1 aromatic heterocycles. The van der Waals surface area contributed by atoms with Crippen LogP contribution in [0.25, 0.3) is 5.69 Å². The van der Waals surface area contributed by atoms with Crippen LogP contribution in [0.15, 0.2) is 36.7 Å². The molecule has 3 nitrogen and oxygen atoms in total. The highest BCUT2D eigenvalue weighted by Gasteiger charge is 2.05. The molecule has 0 aliphatic rings. The molecule has 0 aliphatic heterocycles. The van der Waals surface area contributed by atoms with Crippen LogP contribution in [0, 0.1) is 0 Å². The van der Waals surface area contributed by atoms with E-state index >= 15 is 0 Å². The molecule has 0 saturated carbocycles. The average Bonchev–Trinajstić information content (AvgIpc) is 2.65. The lowest BCUT2D eigenvalue weighted by Crippen LogP contribution is -2.13. The van der Waals surface area contributed by atoms with Crippen molar-refractivity contribution in [1.82, 2.24) is 9.55 Å². The number of hydrogen-bond donors (Lipinski definition) is 1. The van der Waals surface area contributed by atoms with Gasteiger partial charge >= 0.3 is 0 Å². The first-order valence-electron chi connectivity index (χ1n) is 5.22. The van der Waals surface area contributed by atoms with E-state index in [2.05, 4.69) is 24.1 Å². The molecule has 84 valence electrons. The van der Waals surface area contributed by atoms with Gasteiger partial charge in [0, 0.05) is 29.1 Å². The monoisotopic (exact) mass is 235 g/mol. The molecule has 1 heterocycles. The van der Waals surface area contributed by atoms with Crippen LogP contribution >= 0.6 is 11.6 Å². The smallest absolute Gasteiger partial charge is 0.207 e. The summed E-state index contributed by atoms with van der Waals surface area (Å²) in [4.78, 5) is 4.27. The molecule has 0 aliphatic carbocycles. The molecule has 0 atom stereocenters. The van der Waals surface area contributed by atoms with Gasteiger partial charge in [0.25, 0.3) is 0 Å². The second kappa shape index (κ2) is 4.58. The van der Waals surface area contributed by atoms with Crippen LogP contribution in [0.4, 0.5) is 5.95 Å². The van der Waals surface area contributed by atoms with Crippen molar-refractivity contribution < 1.29 is 0 Å². The third kappa shape index (κ3) is 2.36. The quantitative estimate of drug-likeness (QED) is 0.884. The van der Waals surface area contributed by atoms with Crippen molar-refractivity contribution in [1.29, 1.82) is 0 Å². The minimum absolute atomic E-state index is 0.348. The van der Waals surface area contributed by atoms with E-state index < -0.39 is 0 Å². The SMILES string of the molecule is CC(C)Nc1nccn1-c1cccc(Cl)c1. The van der Waals surface area contributed by atoms with E-state index in [-0.39, 0.29) is 0 Å². The van der Waals surface area contributed by atoms with E-state index in [1.54, 1.807) is 6.20 Å². The molecular weight excluding hydrogens is 222 g/mol. The second-order valence-corrected chi connectivity index (χ2v) is 4.34. The van der Waals surface area contributed by atoms with Crippen LogP contribution in [0.2, 0.25) is 5.02 Å². The fourth-order valence-corrected chi connectivity index (χ4v) is 1.69. The third-order valence-corrected chi connectivity index (χ3v) is 2.38. The number of anilines is 1. The fourth-order valence-electron chi connectivity index (χ4n) is 1.50. The van der Waals surface area contributed by atoms with E-state index in [9.17, 15) is 0 Å². The Labute approximate surface area is 100 Å². The summed E-state index contributed by atoms with van der Waals surface area (Å²) in [7, 11) is 0. The van der Waals surface area contributed by atoms with Gasteiger partial charge in [0.2, 0.25) is 5.95 Å². The highest BCUT2D eigenvalue weighted by Crippen LogP contribution is 2.18. The fraction of sp³-hybridized carbons (Fsp3) is 0.250. The Bertz CT molecular complexity index is 477. The van der Waals surface area contributed by atoms with Crippen LogP contribution in [0.1, 0.15) is 13.8 Å². The van der Waals surface area contributed by atoms with Gasteiger partial charge in [0.05, 0.1) is 0 Å². The Morgan fingerprint density at radius 2 is 2.19 bits per heavy atom. The maximum absolute atomic E-state index is 5.97. The lowest BCUT2D eigenvalue weighted by molar-refractivity contribution is 0.864. The molecule has 0 amide bonds. The van der Waals surface area contributed by atoms with Gasteiger partial charge in [0.1, 0.15) is 0 Å². The molecular formula is C12H14ClN3. The molecule has 0 spiro atoms. The molecule has 0 radical (unpaired) electrons. The molecule has 1 N–H and O–H groups in total. The van der Waals surface area contributed by atoms with Gasteiger partial charge in [0.15, 0.2) is 0 Å². The Morgan fingerprint density at radius 3 is 2.88 bits per heavy atom. The Morgan fingerprint density at radius 1 is 1.38 bits per heavy atom. The molecule has 0 fully saturated rings. The summed E-state index contributed by atoms with van der Waals surface area (Å²) in [6.07, 6.45) is 3.68. The summed E-state index contributed by atoms with van der Waals surface area (Å²) in [5.41, 5.74) is 1.01. The lowest BCUT2D eigenvalue weighted by Gasteiger charge is -2.12. The second-order valence-electron chi connectivity index (χ2n) is 3.90. The van der Waals surface area contributed by atoms with Crippen LogP contribution in [0.5, 0.6) is 0 Å². The minimum atomic E-state index is 0.348. The number of hydrogen-bond acceptors (Lipinski definition) is 2. The summed E-state index contributed by atoms with van der Waals surface area (Å²) in [5, 5.41) is 4.00. The first kappa shape index (κ1) is 11.0. The van der Waals surface area contributed by atoms with Gasteiger partial charge in [-0.05, 0) is 32.0 Å². The third-order valence-electron chi connectivity index (χ3n) is 2.14. The molecule has 2 rings (SSSR count).